The van der Waals surface area contributed by atoms with E-state index in [1.807, 2.05) is 0 Å². The first-order valence-corrected chi connectivity index (χ1v) is 3.80. The number of carbonyl (C=O) groups excluding carboxylic acids is 1. The largest absolute Gasteiger partial charge is 0.423 e. The molecule has 1 aromatic rings. The molecular weight excluding hydrogens is 229 g/mol. The molecule has 1 aromatic carbocycles. The Labute approximate surface area is 86.4 Å². The van der Waals surface area contributed by atoms with E-state index in [4.69, 9.17) is 0 Å². The Morgan fingerprint density at radius 2 is 2.00 bits per heavy atom. The van der Waals surface area contributed by atoms with Crippen molar-refractivity contribution in [2.45, 2.75) is 6.18 Å². The quantitative estimate of drug-likeness (QED) is 0.340. The molecule has 0 saturated heterocycles. The zero-order valence-corrected chi connectivity index (χ0v) is 7.49. The molecule has 0 aliphatic heterocycles. The lowest BCUT2D eigenvalue weighted by atomic mass is 10.1. The highest BCUT2D eigenvalue weighted by molar-refractivity contribution is 5.65. The van der Waals surface area contributed by atoms with E-state index in [1.165, 1.54) is 0 Å². The van der Waals surface area contributed by atoms with Gasteiger partial charge in [0.2, 0.25) is 6.08 Å². The van der Waals surface area contributed by atoms with Crippen LogP contribution in [0, 0.1) is 10.1 Å². The summed E-state index contributed by atoms with van der Waals surface area (Å²) in [5.41, 5.74) is -3.37. The summed E-state index contributed by atoms with van der Waals surface area (Å²) in [6.45, 7) is 0. The summed E-state index contributed by atoms with van der Waals surface area (Å²) in [5, 5.41) is 10.5. The lowest BCUT2D eigenvalue weighted by Gasteiger charge is -2.07. The van der Waals surface area contributed by atoms with Gasteiger partial charge >= 0.3 is 11.9 Å². The van der Waals surface area contributed by atoms with Crippen LogP contribution in [-0.4, -0.2) is 11.0 Å². The smallest absolute Gasteiger partial charge is 0.258 e. The van der Waals surface area contributed by atoms with Gasteiger partial charge in [0.15, 0.2) is 5.69 Å². The van der Waals surface area contributed by atoms with E-state index in [1.54, 1.807) is 0 Å². The fraction of sp³-hybridized carbons (Fsp3) is 0.125. The molecule has 8 heteroatoms. The van der Waals surface area contributed by atoms with Gasteiger partial charge in [0.25, 0.3) is 0 Å². The third-order valence-electron chi connectivity index (χ3n) is 1.67. The molecule has 16 heavy (non-hydrogen) atoms. The number of nitrogens with zero attached hydrogens (tertiary/aromatic N) is 2. The minimum Gasteiger partial charge on any atom is -0.258 e. The summed E-state index contributed by atoms with van der Waals surface area (Å²) in [6.07, 6.45) is -3.92. The lowest BCUT2D eigenvalue weighted by molar-refractivity contribution is -0.387. The summed E-state index contributed by atoms with van der Waals surface area (Å²) in [4.78, 5) is 22.0. The first-order chi connectivity index (χ1) is 7.38. The van der Waals surface area contributed by atoms with Crippen molar-refractivity contribution in [3.63, 3.8) is 0 Å². The Kier molecular flexibility index (Phi) is 3.05. The van der Waals surface area contributed by atoms with Crippen molar-refractivity contribution in [3.8, 4) is 0 Å². The van der Waals surface area contributed by atoms with Crippen molar-refractivity contribution in [2.75, 3.05) is 0 Å². The number of nitro benzene ring substituents is 1. The highest BCUT2D eigenvalue weighted by Gasteiger charge is 2.39. The number of aliphatic imine (C=N–C) groups is 1. The minimum absolute atomic E-state index is 0.544. The number of hydrogen-bond donors (Lipinski definition) is 0. The van der Waals surface area contributed by atoms with Crippen molar-refractivity contribution < 1.29 is 22.9 Å². The first-order valence-electron chi connectivity index (χ1n) is 3.80. The normalized spacial score (nSPS) is 10.7. The molecule has 0 amide bonds. The predicted octanol–water partition coefficient (Wildman–Crippen LogP) is 2.58. The molecule has 0 saturated carbocycles. The van der Waals surface area contributed by atoms with Crippen LogP contribution in [0.15, 0.2) is 23.2 Å². The van der Waals surface area contributed by atoms with Crippen LogP contribution >= 0.6 is 0 Å². The van der Waals surface area contributed by atoms with Crippen molar-refractivity contribution in [2.24, 2.45) is 4.99 Å². The van der Waals surface area contributed by atoms with Crippen molar-refractivity contribution in [1.29, 1.82) is 0 Å². The van der Waals surface area contributed by atoms with Crippen molar-refractivity contribution in [3.05, 3.63) is 33.9 Å². The van der Waals surface area contributed by atoms with Crippen molar-refractivity contribution >= 4 is 17.5 Å². The van der Waals surface area contributed by atoms with Gasteiger partial charge in [-0.25, -0.2) is 4.79 Å². The van der Waals surface area contributed by atoms with E-state index in [0.717, 1.165) is 18.2 Å². The third kappa shape index (κ3) is 2.23. The van der Waals surface area contributed by atoms with Gasteiger partial charge in [-0.1, -0.05) is 6.07 Å². The number of alkyl halides is 3. The molecular formula is C8H3F3N2O3. The molecule has 0 bridgehead atoms. The molecule has 84 valence electrons. The molecule has 5 nitrogen and oxygen atoms in total. The van der Waals surface area contributed by atoms with Gasteiger partial charge in [0.1, 0.15) is 5.56 Å². The summed E-state index contributed by atoms with van der Waals surface area (Å²) < 4.78 is 37.2. The van der Waals surface area contributed by atoms with Crippen LogP contribution in [0.2, 0.25) is 0 Å². The van der Waals surface area contributed by atoms with E-state index in [9.17, 15) is 28.1 Å². The second-order valence-electron chi connectivity index (χ2n) is 2.63. The zero-order chi connectivity index (χ0) is 12.3. The Bertz CT molecular complexity index is 478. The maximum atomic E-state index is 12.4. The Morgan fingerprint density at radius 1 is 1.38 bits per heavy atom. The summed E-state index contributed by atoms with van der Waals surface area (Å²) >= 11 is 0. The van der Waals surface area contributed by atoms with Gasteiger partial charge in [0.05, 0.1) is 4.92 Å². The second-order valence-corrected chi connectivity index (χ2v) is 2.63. The maximum absolute atomic E-state index is 12.4. The fourth-order valence-electron chi connectivity index (χ4n) is 1.09. The van der Waals surface area contributed by atoms with Crippen LogP contribution in [0.25, 0.3) is 0 Å². The van der Waals surface area contributed by atoms with E-state index in [-0.39, 0.29) is 0 Å². The Morgan fingerprint density at radius 3 is 2.44 bits per heavy atom. The summed E-state index contributed by atoms with van der Waals surface area (Å²) in [7, 11) is 0. The molecule has 0 heterocycles. The molecule has 0 spiro atoms. The number of para-hydroxylation sites is 1. The SMILES string of the molecule is O=C=Nc1cccc(C(F)(F)F)c1[N+](=O)[O-]. The molecule has 0 fully saturated rings. The average molecular weight is 232 g/mol. The lowest BCUT2D eigenvalue weighted by Crippen LogP contribution is -2.08. The second kappa shape index (κ2) is 4.11. The van der Waals surface area contributed by atoms with Crippen molar-refractivity contribution in [1.82, 2.24) is 0 Å². The Balaban J connectivity index is 3.57. The molecule has 0 aliphatic rings. The zero-order valence-electron chi connectivity index (χ0n) is 7.49. The summed E-state index contributed by atoms with van der Waals surface area (Å²) in [5.74, 6) is 0. The third-order valence-corrected chi connectivity index (χ3v) is 1.67. The molecule has 0 aliphatic carbocycles. The number of nitro groups is 1. The van der Waals surface area contributed by atoms with Gasteiger partial charge in [-0.3, -0.25) is 10.1 Å². The monoisotopic (exact) mass is 232 g/mol. The molecule has 1 rings (SSSR count). The number of benzene rings is 1. The van der Waals surface area contributed by atoms with E-state index < -0.39 is 28.0 Å². The Hall–Kier alpha value is -2.21. The minimum atomic E-state index is -4.88. The number of isocyanates is 1. The van der Waals surface area contributed by atoms with Gasteiger partial charge in [-0.05, 0) is 12.1 Å². The van der Waals surface area contributed by atoms with Crippen LogP contribution < -0.4 is 0 Å². The molecule has 0 N–H and O–H groups in total. The standard InChI is InChI=1S/C8H3F3N2O3/c9-8(10,11)5-2-1-3-6(12-4-14)7(5)13(15)16/h1-3H. The highest BCUT2D eigenvalue weighted by atomic mass is 19.4. The average Bonchev–Trinajstić information content (AvgIpc) is 2.16. The summed E-state index contributed by atoms with van der Waals surface area (Å²) in [6, 6.07) is 2.40. The predicted molar refractivity (Wildman–Crippen MR) is 45.9 cm³/mol. The van der Waals surface area contributed by atoms with Gasteiger partial charge < -0.3 is 0 Å². The van der Waals surface area contributed by atoms with Crippen LogP contribution in [0.3, 0.4) is 0 Å². The molecule has 0 atom stereocenters. The molecule has 0 aromatic heterocycles. The number of halogens is 3. The van der Waals surface area contributed by atoms with Crippen LogP contribution in [0.5, 0.6) is 0 Å². The van der Waals surface area contributed by atoms with Crippen LogP contribution in [0.4, 0.5) is 24.5 Å². The number of hydrogen-bond acceptors (Lipinski definition) is 4. The molecule has 0 unspecified atom stereocenters. The van der Waals surface area contributed by atoms with Gasteiger partial charge in [-0.2, -0.15) is 18.2 Å². The topological polar surface area (TPSA) is 72.6 Å². The number of rotatable bonds is 2. The van der Waals surface area contributed by atoms with Gasteiger partial charge in [-0.15, -0.1) is 0 Å². The molecule has 0 radical (unpaired) electrons. The van der Waals surface area contributed by atoms with Crippen LogP contribution in [-0.2, 0) is 11.0 Å². The van der Waals surface area contributed by atoms with Crippen LogP contribution in [0.1, 0.15) is 5.56 Å². The maximum Gasteiger partial charge on any atom is 0.423 e. The van der Waals surface area contributed by atoms with Gasteiger partial charge in [0, 0.05) is 0 Å². The fourth-order valence-corrected chi connectivity index (χ4v) is 1.09. The highest BCUT2D eigenvalue weighted by Crippen LogP contribution is 2.40. The van der Waals surface area contributed by atoms with E-state index in [2.05, 4.69) is 4.99 Å². The van der Waals surface area contributed by atoms with E-state index >= 15 is 0 Å². The first kappa shape index (κ1) is 11.9. The van der Waals surface area contributed by atoms with E-state index in [0.29, 0.717) is 6.07 Å².